The molecular weight excluding hydrogens is 322 g/mol. The summed E-state index contributed by atoms with van der Waals surface area (Å²) in [6.45, 7) is 7.06. The first kappa shape index (κ1) is 17.2. The van der Waals surface area contributed by atoms with E-state index in [9.17, 15) is 0 Å². The smallest absolute Gasteiger partial charge is 0.159 e. The zero-order valence-corrected chi connectivity index (χ0v) is 16.1. The van der Waals surface area contributed by atoms with Gasteiger partial charge in [0, 0.05) is 42.6 Å². The minimum Gasteiger partial charge on any atom is -0.300 e. The molecule has 3 aromatic rings. The quantitative estimate of drug-likeness (QED) is 0.726. The maximum Gasteiger partial charge on any atom is 0.159 e. The van der Waals surface area contributed by atoms with Crippen molar-refractivity contribution in [2.24, 2.45) is 0 Å². The molecule has 1 atom stereocenters. The first-order chi connectivity index (χ1) is 12.5. The SMILES string of the molecule is Cc1cc(C)n2ncc(CN(C)CC3Cc4ccccc4CN3C)c2n1. The molecule has 26 heavy (non-hydrogen) atoms. The van der Waals surface area contributed by atoms with Crippen LogP contribution in [0.15, 0.2) is 36.5 Å². The Kier molecular flexibility index (Phi) is 4.51. The van der Waals surface area contributed by atoms with E-state index >= 15 is 0 Å². The van der Waals surface area contributed by atoms with Crippen molar-refractivity contribution in [2.75, 3.05) is 20.6 Å². The molecule has 0 bridgehead atoms. The van der Waals surface area contributed by atoms with Crippen LogP contribution in [-0.4, -0.2) is 51.1 Å². The third-order valence-electron chi connectivity index (χ3n) is 5.43. The third kappa shape index (κ3) is 3.24. The zero-order valence-electron chi connectivity index (χ0n) is 16.1. The Labute approximate surface area is 155 Å². The van der Waals surface area contributed by atoms with E-state index in [-0.39, 0.29) is 0 Å². The predicted octanol–water partition coefficient (Wildman–Crippen LogP) is 2.83. The summed E-state index contributed by atoms with van der Waals surface area (Å²) in [6, 6.07) is 11.4. The second-order valence-electron chi connectivity index (χ2n) is 7.68. The van der Waals surface area contributed by atoms with Crippen molar-refractivity contribution in [3.8, 4) is 0 Å². The van der Waals surface area contributed by atoms with E-state index in [1.807, 2.05) is 17.6 Å². The number of fused-ring (bicyclic) bond motifs is 2. The number of hydrogen-bond donors (Lipinski definition) is 0. The van der Waals surface area contributed by atoms with Crippen LogP contribution in [0.4, 0.5) is 0 Å². The summed E-state index contributed by atoms with van der Waals surface area (Å²) in [6.07, 6.45) is 3.08. The Morgan fingerprint density at radius 2 is 1.96 bits per heavy atom. The molecule has 0 fully saturated rings. The Morgan fingerprint density at radius 1 is 1.19 bits per heavy atom. The second kappa shape index (κ2) is 6.82. The van der Waals surface area contributed by atoms with Crippen LogP contribution in [0.5, 0.6) is 0 Å². The van der Waals surface area contributed by atoms with Crippen molar-refractivity contribution in [1.29, 1.82) is 0 Å². The van der Waals surface area contributed by atoms with E-state index in [0.717, 1.165) is 43.1 Å². The average molecular weight is 349 g/mol. The number of aryl methyl sites for hydroxylation is 2. The van der Waals surface area contributed by atoms with Gasteiger partial charge in [-0.3, -0.25) is 4.90 Å². The number of hydrogen-bond acceptors (Lipinski definition) is 4. The van der Waals surface area contributed by atoms with Gasteiger partial charge in [0.2, 0.25) is 0 Å². The van der Waals surface area contributed by atoms with Gasteiger partial charge in [0.1, 0.15) is 0 Å². The number of rotatable bonds is 4. The molecule has 1 aliphatic rings. The van der Waals surface area contributed by atoms with E-state index < -0.39 is 0 Å². The van der Waals surface area contributed by atoms with Gasteiger partial charge >= 0.3 is 0 Å². The van der Waals surface area contributed by atoms with Crippen LogP contribution >= 0.6 is 0 Å². The van der Waals surface area contributed by atoms with Crippen molar-refractivity contribution in [1.82, 2.24) is 24.4 Å². The molecule has 3 heterocycles. The van der Waals surface area contributed by atoms with Crippen LogP contribution in [0.2, 0.25) is 0 Å². The minimum atomic E-state index is 0.535. The molecule has 2 aromatic heterocycles. The summed E-state index contributed by atoms with van der Waals surface area (Å²) in [4.78, 5) is 9.57. The molecule has 1 aromatic carbocycles. The van der Waals surface area contributed by atoms with Crippen molar-refractivity contribution in [2.45, 2.75) is 39.4 Å². The lowest BCUT2D eigenvalue weighted by atomic mass is 9.94. The summed E-state index contributed by atoms with van der Waals surface area (Å²) in [7, 11) is 4.43. The summed E-state index contributed by atoms with van der Waals surface area (Å²) in [5.41, 5.74) is 7.31. The summed E-state index contributed by atoms with van der Waals surface area (Å²) in [5.74, 6) is 0. The molecule has 5 heteroatoms. The van der Waals surface area contributed by atoms with Crippen molar-refractivity contribution < 1.29 is 0 Å². The minimum absolute atomic E-state index is 0.535. The topological polar surface area (TPSA) is 36.7 Å². The largest absolute Gasteiger partial charge is 0.300 e. The molecule has 0 N–H and O–H groups in total. The predicted molar refractivity (Wildman–Crippen MR) is 104 cm³/mol. The fraction of sp³-hybridized carbons (Fsp3) is 0.429. The van der Waals surface area contributed by atoms with Gasteiger partial charge < -0.3 is 4.90 Å². The van der Waals surface area contributed by atoms with Crippen molar-refractivity contribution in [3.63, 3.8) is 0 Å². The van der Waals surface area contributed by atoms with Gasteiger partial charge in [-0.25, -0.2) is 9.50 Å². The van der Waals surface area contributed by atoms with Crippen LogP contribution in [0.25, 0.3) is 5.65 Å². The molecule has 1 aliphatic heterocycles. The molecule has 0 amide bonds. The number of nitrogens with zero attached hydrogens (tertiary/aromatic N) is 5. The van der Waals surface area contributed by atoms with Crippen LogP contribution in [-0.2, 0) is 19.5 Å². The van der Waals surface area contributed by atoms with Crippen molar-refractivity contribution >= 4 is 5.65 Å². The maximum absolute atomic E-state index is 4.70. The molecule has 4 rings (SSSR count). The summed E-state index contributed by atoms with van der Waals surface area (Å²) < 4.78 is 1.94. The van der Waals surface area contributed by atoms with Gasteiger partial charge in [-0.1, -0.05) is 24.3 Å². The first-order valence-corrected chi connectivity index (χ1v) is 9.27. The Hall–Kier alpha value is -2.24. The van der Waals surface area contributed by atoms with Gasteiger partial charge in [-0.15, -0.1) is 0 Å². The van der Waals surface area contributed by atoms with E-state index in [0.29, 0.717) is 6.04 Å². The van der Waals surface area contributed by atoms with Crippen LogP contribution in [0.3, 0.4) is 0 Å². The normalized spacial score (nSPS) is 17.8. The highest BCUT2D eigenvalue weighted by atomic mass is 15.3. The van der Waals surface area contributed by atoms with Gasteiger partial charge in [0.15, 0.2) is 5.65 Å². The second-order valence-corrected chi connectivity index (χ2v) is 7.68. The molecule has 0 saturated carbocycles. The molecule has 5 nitrogen and oxygen atoms in total. The van der Waals surface area contributed by atoms with Crippen molar-refractivity contribution in [3.05, 3.63) is 64.6 Å². The monoisotopic (exact) mass is 349 g/mol. The average Bonchev–Trinajstić information content (AvgIpc) is 2.98. The molecule has 136 valence electrons. The zero-order chi connectivity index (χ0) is 18.3. The summed E-state index contributed by atoms with van der Waals surface area (Å²) >= 11 is 0. The fourth-order valence-electron chi connectivity index (χ4n) is 4.06. The molecular formula is C21H27N5. The van der Waals surface area contributed by atoms with E-state index in [4.69, 9.17) is 4.98 Å². The Bertz CT molecular complexity index is 929. The number of aromatic nitrogens is 3. The highest BCUT2D eigenvalue weighted by molar-refractivity contribution is 5.47. The molecule has 0 radical (unpaired) electrons. The van der Waals surface area contributed by atoms with Gasteiger partial charge in [-0.05, 0) is 51.6 Å². The molecule has 1 unspecified atom stereocenters. The fourth-order valence-corrected chi connectivity index (χ4v) is 4.06. The van der Waals surface area contributed by atoms with Crippen LogP contribution in [0.1, 0.15) is 28.1 Å². The third-order valence-corrected chi connectivity index (χ3v) is 5.43. The van der Waals surface area contributed by atoms with E-state index in [1.54, 1.807) is 0 Å². The van der Waals surface area contributed by atoms with E-state index in [1.165, 1.54) is 16.7 Å². The number of benzene rings is 1. The van der Waals surface area contributed by atoms with E-state index in [2.05, 4.69) is 66.2 Å². The lowest BCUT2D eigenvalue weighted by molar-refractivity contribution is 0.159. The maximum atomic E-state index is 4.70. The van der Waals surface area contributed by atoms with Crippen LogP contribution in [0, 0.1) is 13.8 Å². The lowest BCUT2D eigenvalue weighted by Gasteiger charge is -2.36. The first-order valence-electron chi connectivity index (χ1n) is 9.27. The highest BCUT2D eigenvalue weighted by Crippen LogP contribution is 2.23. The van der Waals surface area contributed by atoms with Gasteiger partial charge in [0.05, 0.1) is 6.20 Å². The molecule has 0 spiro atoms. The standard InChI is InChI=1S/C21H27N5/c1-15-9-16(2)26-21(23-15)19(11-22-26)12-24(3)14-20-10-17-7-5-6-8-18(17)13-25(20)4/h5-9,11,20H,10,12-14H2,1-4H3. The molecule has 0 aliphatic carbocycles. The Balaban J connectivity index is 1.49. The number of likely N-dealkylation sites (N-methyl/N-ethyl adjacent to an activating group) is 2. The highest BCUT2D eigenvalue weighted by Gasteiger charge is 2.24. The lowest BCUT2D eigenvalue weighted by Crippen LogP contribution is -2.44. The van der Waals surface area contributed by atoms with Gasteiger partial charge in [0.25, 0.3) is 0 Å². The van der Waals surface area contributed by atoms with Crippen LogP contribution < -0.4 is 0 Å². The molecule has 0 saturated heterocycles. The van der Waals surface area contributed by atoms with Gasteiger partial charge in [-0.2, -0.15) is 5.10 Å². The Morgan fingerprint density at radius 3 is 2.77 bits per heavy atom. The summed E-state index contributed by atoms with van der Waals surface area (Å²) in [5, 5.41) is 4.52.